The van der Waals surface area contributed by atoms with E-state index in [1.807, 2.05) is 43.0 Å². The van der Waals surface area contributed by atoms with E-state index in [9.17, 15) is 4.79 Å². The number of carbonyl (C=O) groups is 1. The molecule has 0 aromatic heterocycles. The molecule has 0 radical (unpaired) electrons. The Balaban J connectivity index is 2.35. The zero-order valence-corrected chi connectivity index (χ0v) is 12.0. The Hall–Kier alpha value is -1.16. The minimum absolute atomic E-state index is 0.0816. The van der Waals surface area contributed by atoms with Crippen molar-refractivity contribution >= 4 is 23.4 Å². The third-order valence-electron chi connectivity index (χ3n) is 2.55. The molecular weight excluding hydrogens is 244 g/mol. The van der Waals surface area contributed by atoms with Gasteiger partial charge in [0, 0.05) is 18.8 Å². The predicted molar refractivity (Wildman–Crippen MR) is 80.3 cm³/mol. The van der Waals surface area contributed by atoms with E-state index in [0.717, 1.165) is 17.8 Å². The molecule has 0 aliphatic carbocycles. The van der Waals surface area contributed by atoms with Crippen molar-refractivity contribution in [1.82, 2.24) is 5.32 Å². The molecule has 18 heavy (non-hydrogen) atoms. The maximum absolute atomic E-state index is 11.4. The van der Waals surface area contributed by atoms with Crippen LogP contribution in [0.5, 0.6) is 0 Å². The van der Waals surface area contributed by atoms with Gasteiger partial charge in [0.05, 0.1) is 6.42 Å². The molecule has 100 valence electrons. The van der Waals surface area contributed by atoms with Gasteiger partial charge in [-0.15, -0.1) is 0 Å². The fraction of sp³-hybridized carbons (Fsp3) is 0.500. The summed E-state index contributed by atoms with van der Waals surface area (Å²) in [5.41, 5.74) is 2.17. The smallest absolute Gasteiger partial charge is 0.224 e. The molecule has 0 atom stereocenters. The predicted octanol–water partition coefficient (Wildman–Crippen LogP) is 2.53. The van der Waals surface area contributed by atoms with Crippen molar-refractivity contribution in [2.45, 2.75) is 19.8 Å². The first-order valence-corrected chi connectivity index (χ1v) is 7.74. The van der Waals surface area contributed by atoms with Crippen LogP contribution in [-0.4, -0.2) is 31.0 Å². The largest absolute Gasteiger partial charge is 0.385 e. The summed E-state index contributed by atoms with van der Waals surface area (Å²) in [5, 5.41) is 6.17. The fourth-order valence-electron chi connectivity index (χ4n) is 1.63. The van der Waals surface area contributed by atoms with E-state index in [1.54, 1.807) is 0 Å². The molecule has 2 N–H and O–H groups in total. The Morgan fingerprint density at radius 3 is 2.61 bits per heavy atom. The van der Waals surface area contributed by atoms with Gasteiger partial charge in [0.15, 0.2) is 0 Å². The number of amides is 1. The van der Waals surface area contributed by atoms with Crippen molar-refractivity contribution in [3.05, 3.63) is 29.8 Å². The number of hydrogen-bond donors (Lipinski definition) is 2. The van der Waals surface area contributed by atoms with E-state index in [1.165, 1.54) is 12.2 Å². The number of thioether (sulfide) groups is 1. The molecule has 4 heteroatoms. The van der Waals surface area contributed by atoms with E-state index in [4.69, 9.17) is 0 Å². The summed E-state index contributed by atoms with van der Waals surface area (Å²) in [7, 11) is 0. The van der Waals surface area contributed by atoms with Gasteiger partial charge in [-0.2, -0.15) is 11.8 Å². The molecule has 0 fully saturated rings. The van der Waals surface area contributed by atoms with Crippen molar-refractivity contribution in [3.63, 3.8) is 0 Å². The number of benzene rings is 1. The number of hydrogen-bond acceptors (Lipinski definition) is 3. The van der Waals surface area contributed by atoms with Crippen LogP contribution in [0.25, 0.3) is 0 Å². The minimum Gasteiger partial charge on any atom is -0.385 e. The van der Waals surface area contributed by atoms with Gasteiger partial charge >= 0.3 is 0 Å². The molecule has 0 bridgehead atoms. The molecule has 0 unspecified atom stereocenters. The van der Waals surface area contributed by atoms with Crippen molar-refractivity contribution in [1.29, 1.82) is 0 Å². The quantitative estimate of drug-likeness (QED) is 0.710. The van der Waals surface area contributed by atoms with Gasteiger partial charge in [-0.3, -0.25) is 4.79 Å². The van der Waals surface area contributed by atoms with Crippen LogP contribution >= 0.6 is 11.8 Å². The zero-order chi connectivity index (χ0) is 13.2. The summed E-state index contributed by atoms with van der Waals surface area (Å²) in [6.45, 7) is 3.62. The zero-order valence-electron chi connectivity index (χ0n) is 11.2. The summed E-state index contributed by atoms with van der Waals surface area (Å²) in [6, 6.07) is 8.08. The molecule has 0 heterocycles. The highest BCUT2D eigenvalue weighted by Gasteiger charge is 2.01. The molecule has 0 saturated heterocycles. The van der Waals surface area contributed by atoms with Crippen molar-refractivity contribution in [2.75, 3.05) is 30.4 Å². The highest BCUT2D eigenvalue weighted by atomic mass is 32.2. The third-order valence-corrected chi connectivity index (χ3v) is 3.24. The number of nitrogens with one attached hydrogen (secondary N) is 2. The summed E-state index contributed by atoms with van der Waals surface area (Å²) < 4.78 is 0. The normalized spacial score (nSPS) is 10.1. The minimum atomic E-state index is 0.0816. The molecule has 1 rings (SSSR count). The Labute approximate surface area is 114 Å². The summed E-state index contributed by atoms with van der Waals surface area (Å²) >= 11 is 1.87. The maximum Gasteiger partial charge on any atom is 0.224 e. The van der Waals surface area contributed by atoms with Crippen molar-refractivity contribution < 1.29 is 4.79 Å². The SMILES string of the molecule is CCNC(=O)Cc1ccc(NCCCSC)cc1. The van der Waals surface area contributed by atoms with Gasteiger partial charge in [0.2, 0.25) is 5.91 Å². The second kappa shape index (κ2) is 8.86. The second-order valence-corrected chi connectivity index (χ2v) is 5.09. The number of carbonyl (C=O) groups excluding carboxylic acids is 1. The second-order valence-electron chi connectivity index (χ2n) is 4.10. The van der Waals surface area contributed by atoms with Crippen molar-refractivity contribution in [3.8, 4) is 0 Å². The number of anilines is 1. The lowest BCUT2D eigenvalue weighted by atomic mass is 10.1. The van der Waals surface area contributed by atoms with Crippen molar-refractivity contribution in [2.24, 2.45) is 0 Å². The molecule has 1 aromatic carbocycles. The van der Waals surface area contributed by atoms with E-state index in [2.05, 4.69) is 16.9 Å². The topological polar surface area (TPSA) is 41.1 Å². The van der Waals surface area contributed by atoms with Crippen LogP contribution in [0.2, 0.25) is 0 Å². The first kappa shape index (κ1) is 14.9. The first-order chi connectivity index (χ1) is 8.76. The summed E-state index contributed by atoms with van der Waals surface area (Å²) in [4.78, 5) is 11.4. The van der Waals surface area contributed by atoms with E-state index in [-0.39, 0.29) is 5.91 Å². The summed E-state index contributed by atoms with van der Waals surface area (Å²) in [6.07, 6.45) is 3.75. The van der Waals surface area contributed by atoms with Crippen LogP contribution in [0, 0.1) is 0 Å². The lowest BCUT2D eigenvalue weighted by Gasteiger charge is -2.07. The molecule has 0 spiro atoms. The Bertz CT molecular complexity index is 351. The molecule has 0 saturated carbocycles. The van der Waals surface area contributed by atoms with Gasteiger partial charge in [0.1, 0.15) is 0 Å². The highest BCUT2D eigenvalue weighted by Crippen LogP contribution is 2.10. The van der Waals surface area contributed by atoms with Crippen LogP contribution < -0.4 is 10.6 Å². The molecule has 1 aromatic rings. The van der Waals surface area contributed by atoms with Crippen LogP contribution in [-0.2, 0) is 11.2 Å². The monoisotopic (exact) mass is 266 g/mol. The maximum atomic E-state index is 11.4. The van der Waals surface area contributed by atoms with E-state index in [0.29, 0.717) is 13.0 Å². The van der Waals surface area contributed by atoms with Gasteiger partial charge in [-0.25, -0.2) is 0 Å². The van der Waals surface area contributed by atoms with Crippen LogP contribution in [0.15, 0.2) is 24.3 Å². The first-order valence-electron chi connectivity index (χ1n) is 6.34. The molecule has 0 aliphatic rings. The van der Waals surface area contributed by atoms with Crippen LogP contribution in [0.3, 0.4) is 0 Å². The molecule has 0 aliphatic heterocycles. The lowest BCUT2D eigenvalue weighted by Crippen LogP contribution is -2.24. The summed E-state index contributed by atoms with van der Waals surface area (Å²) in [5.74, 6) is 1.26. The van der Waals surface area contributed by atoms with Gasteiger partial charge in [-0.05, 0) is 43.0 Å². The third kappa shape index (κ3) is 5.96. The number of likely N-dealkylation sites (N-methyl/N-ethyl adjacent to an activating group) is 1. The highest BCUT2D eigenvalue weighted by molar-refractivity contribution is 7.98. The molecule has 1 amide bonds. The Morgan fingerprint density at radius 2 is 2.00 bits per heavy atom. The molecule has 3 nitrogen and oxygen atoms in total. The lowest BCUT2D eigenvalue weighted by molar-refractivity contribution is -0.120. The van der Waals surface area contributed by atoms with Gasteiger partial charge in [0.25, 0.3) is 0 Å². The Morgan fingerprint density at radius 1 is 1.28 bits per heavy atom. The van der Waals surface area contributed by atoms with Crippen LogP contribution in [0.1, 0.15) is 18.9 Å². The molecular formula is C14H22N2OS. The number of rotatable bonds is 8. The standard InChI is InChI=1S/C14H22N2OS/c1-3-15-14(17)11-12-5-7-13(8-6-12)16-9-4-10-18-2/h5-8,16H,3-4,9-11H2,1-2H3,(H,15,17). The van der Waals surface area contributed by atoms with Gasteiger partial charge in [-0.1, -0.05) is 12.1 Å². The van der Waals surface area contributed by atoms with E-state index >= 15 is 0 Å². The Kier molecular flexibility index (Phi) is 7.34. The fourth-order valence-corrected chi connectivity index (χ4v) is 2.07. The average Bonchev–Trinajstić information content (AvgIpc) is 2.37. The average molecular weight is 266 g/mol. The van der Waals surface area contributed by atoms with Gasteiger partial charge < -0.3 is 10.6 Å². The van der Waals surface area contributed by atoms with Crippen LogP contribution in [0.4, 0.5) is 5.69 Å². The van der Waals surface area contributed by atoms with E-state index < -0.39 is 0 Å².